The van der Waals surface area contributed by atoms with Crippen LogP contribution in [0, 0.1) is 11.6 Å². The van der Waals surface area contributed by atoms with E-state index < -0.39 is 52.7 Å². The smallest absolute Gasteiger partial charge is 0.376 e. The number of fused-ring (bicyclic) bond motifs is 1. The molecule has 1 fully saturated rings. The van der Waals surface area contributed by atoms with Gasteiger partial charge in [-0.05, 0) is 13.0 Å². The Bertz CT molecular complexity index is 1130. The van der Waals surface area contributed by atoms with Crippen molar-refractivity contribution in [2.75, 3.05) is 18.4 Å². The van der Waals surface area contributed by atoms with E-state index in [9.17, 15) is 31.4 Å². The van der Waals surface area contributed by atoms with Crippen LogP contribution in [0.4, 0.5) is 32.2 Å². The van der Waals surface area contributed by atoms with Crippen LogP contribution >= 0.6 is 0 Å². The number of hydrogen-bond donors (Lipinski definition) is 3. The summed E-state index contributed by atoms with van der Waals surface area (Å²) in [6.07, 6.45) is -4.15. The zero-order chi connectivity index (χ0) is 22.6. The molecule has 4 rings (SSSR count). The quantitative estimate of drug-likeness (QED) is 0.538. The van der Waals surface area contributed by atoms with Crippen LogP contribution in [-0.4, -0.2) is 51.0 Å². The van der Waals surface area contributed by atoms with Gasteiger partial charge in [0.05, 0.1) is 17.9 Å². The highest BCUT2D eigenvalue weighted by molar-refractivity contribution is 5.63. The second kappa shape index (κ2) is 7.38. The Labute approximate surface area is 171 Å². The van der Waals surface area contributed by atoms with Crippen LogP contribution in [0.5, 0.6) is 0 Å². The summed E-state index contributed by atoms with van der Waals surface area (Å²) in [7, 11) is 0. The number of halogens is 6. The molecule has 6 nitrogen and oxygen atoms in total. The Morgan fingerprint density at radius 2 is 1.94 bits per heavy atom. The first-order valence-corrected chi connectivity index (χ1v) is 9.23. The molecular formula is C19H17F6N5O. The number of pyridine rings is 2. The maximum Gasteiger partial charge on any atom is 0.421 e. The average Bonchev–Trinajstić information content (AvgIpc) is 3.28. The molecule has 3 atom stereocenters. The second-order valence-electron chi connectivity index (χ2n) is 7.43. The third-order valence-electron chi connectivity index (χ3n) is 5.25. The monoisotopic (exact) mass is 445 g/mol. The lowest BCUT2D eigenvalue weighted by Crippen LogP contribution is -2.39. The third-order valence-corrected chi connectivity index (χ3v) is 5.25. The number of imidazole rings is 1. The highest BCUT2D eigenvalue weighted by Gasteiger charge is 2.51. The van der Waals surface area contributed by atoms with E-state index >= 15 is 0 Å². The van der Waals surface area contributed by atoms with Gasteiger partial charge in [0.1, 0.15) is 17.5 Å². The zero-order valence-electron chi connectivity index (χ0n) is 16.0. The fourth-order valence-electron chi connectivity index (χ4n) is 3.32. The van der Waals surface area contributed by atoms with Gasteiger partial charge in [0.2, 0.25) is 0 Å². The number of aromatic nitrogens is 3. The Hall–Kier alpha value is -2.86. The standard InChI is InChI=1S/C19H17F6N5O/c1-18(31,19(23,24)25)9-2-3-15-27-7-14(30(15)8-9)16-10(20)4-11(21)17(29-16)28-13-6-26-5-12(13)22/h2-4,7-8,12-13,26,31H,5-6H2,1H3,(H,28,29)/t12-,13-,18-/m0/s1. The largest absolute Gasteiger partial charge is 0.421 e. The van der Waals surface area contributed by atoms with Crippen molar-refractivity contribution in [1.29, 1.82) is 0 Å². The van der Waals surface area contributed by atoms with Gasteiger partial charge in [-0.1, -0.05) is 6.07 Å². The van der Waals surface area contributed by atoms with Gasteiger partial charge in [0, 0.05) is 30.9 Å². The maximum absolute atomic E-state index is 14.5. The van der Waals surface area contributed by atoms with E-state index in [1.165, 1.54) is 6.07 Å². The van der Waals surface area contributed by atoms with Gasteiger partial charge in [0.15, 0.2) is 23.1 Å². The van der Waals surface area contributed by atoms with Crippen molar-refractivity contribution >= 4 is 11.5 Å². The highest BCUT2D eigenvalue weighted by Crippen LogP contribution is 2.39. The summed E-state index contributed by atoms with van der Waals surface area (Å²) >= 11 is 0. The molecule has 12 heteroatoms. The summed E-state index contributed by atoms with van der Waals surface area (Å²) < 4.78 is 83.4. The molecule has 31 heavy (non-hydrogen) atoms. The number of alkyl halides is 4. The molecule has 3 N–H and O–H groups in total. The minimum absolute atomic E-state index is 0.0719. The Balaban J connectivity index is 1.79. The van der Waals surface area contributed by atoms with Crippen LogP contribution in [0.15, 0.2) is 30.6 Å². The Kier molecular flexibility index (Phi) is 5.09. The van der Waals surface area contributed by atoms with Gasteiger partial charge in [-0.3, -0.25) is 4.40 Å². The van der Waals surface area contributed by atoms with Crippen molar-refractivity contribution in [2.45, 2.75) is 30.9 Å². The molecule has 0 amide bonds. The lowest BCUT2D eigenvalue weighted by atomic mass is 9.97. The first kappa shape index (κ1) is 21.4. The van der Waals surface area contributed by atoms with Gasteiger partial charge in [-0.2, -0.15) is 13.2 Å². The van der Waals surface area contributed by atoms with E-state index in [1.54, 1.807) is 0 Å². The molecular weight excluding hydrogens is 428 g/mol. The fourth-order valence-corrected chi connectivity index (χ4v) is 3.32. The van der Waals surface area contributed by atoms with E-state index in [0.717, 1.165) is 22.9 Å². The topological polar surface area (TPSA) is 74.5 Å². The van der Waals surface area contributed by atoms with Gasteiger partial charge in [-0.25, -0.2) is 23.1 Å². The third kappa shape index (κ3) is 3.69. The van der Waals surface area contributed by atoms with Gasteiger partial charge in [0.25, 0.3) is 0 Å². The molecule has 1 saturated heterocycles. The normalized spacial score (nSPS) is 21.4. The Morgan fingerprint density at radius 1 is 1.19 bits per heavy atom. The predicted molar refractivity (Wildman–Crippen MR) is 99.1 cm³/mol. The van der Waals surface area contributed by atoms with Crippen molar-refractivity contribution < 1.29 is 31.4 Å². The molecule has 3 aromatic heterocycles. The number of hydrogen-bond acceptors (Lipinski definition) is 5. The van der Waals surface area contributed by atoms with Crippen LogP contribution in [0.25, 0.3) is 17.0 Å². The molecule has 1 aliphatic heterocycles. The Morgan fingerprint density at radius 3 is 2.58 bits per heavy atom. The minimum atomic E-state index is -4.96. The number of aliphatic hydroxyl groups is 1. The SMILES string of the molecule is C[C@](O)(c1ccc2ncc(-c3nc(N[C@H]4CNC[C@@H]4F)c(F)cc3F)n2c1)C(F)(F)F. The summed E-state index contributed by atoms with van der Waals surface area (Å²) in [6.45, 7) is 0.871. The van der Waals surface area contributed by atoms with Crippen LogP contribution in [0.1, 0.15) is 12.5 Å². The zero-order valence-corrected chi connectivity index (χ0v) is 16.0. The summed E-state index contributed by atoms with van der Waals surface area (Å²) in [4.78, 5) is 7.90. The van der Waals surface area contributed by atoms with E-state index in [2.05, 4.69) is 20.6 Å². The minimum Gasteiger partial charge on any atom is -0.376 e. The van der Waals surface area contributed by atoms with E-state index in [4.69, 9.17) is 0 Å². The molecule has 0 saturated carbocycles. The van der Waals surface area contributed by atoms with Crippen molar-refractivity contribution in [1.82, 2.24) is 19.7 Å². The molecule has 3 aromatic rings. The molecule has 0 bridgehead atoms. The summed E-state index contributed by atoms with van der Waals surface area (Å²) in [5.74, 6) is -2.53. The molecule has 0 radical (unpaired) electrons. The molecule has 166 valence electrons. The molecule has 0 aromatic carbocycles. The van der Waals surface area contributed by atoms with Crippen molar-refractivity contribution in [2.24, 2.45) is 0 Å². The van der Waals surface area contributed by atoms with Crippen molar-refractivity contribution in [3.8, 4) is 11.4 Å². The molecule has 0 unspecified atom stereocenters. The van der Waals surface area contributed by atoms with Crippen LogP contribution in [-0.2, 0) is 5.60 Å². The molecule has 0 aliphatic carbocycles. The molecule has 1 aliphatic rings. The van der Waals surface area contributed by atoms with Crippen LogP contribution in [0.3, 0.4) is 0 Å². The number of rotatable bonds is 4. The fraction of sp³-hybridized carbons (Fsp3) is 0.368. The lowest BCUT2D eigenvalue weighted by Gasteiger charge is -2.26. The van der Waals surface area contributed by atoms with Crippen molar-refractivity contribution in [3.63, 3.8) is 0 Å². The number of anilines is 1. The van der Waals surface area contributed by atoms with E-state index in [-0.39, 0.29) is 24.4 Å². The van der Waals surface area contributed by atoms with Crippen LogP contribution in [0.2, 0.25) is 0 Å². The summed E-state index contributed by atoms with van der Waals surface area (Å²) in [5, 5.41) is 15.3. The van der Waals surface area contributed by atoms with E-state index in [1.807, 2.05) is 0 Å². The van der Waals surface area contributed by atoms with Gasteiger partial charge >= 0.3 is 6.18 Å². The first-order chi connectivity index (χ1) is 14.5. The highest BCUT2D eigenvalue weighted by atomic mass is 19.4. The lowest BCUT2D eigenvalue weighted by molar-refractivity contribution is -0.259. The number of nitrogens with zero attached hydrogens (tertiary/aromatic N) is 3. The molecule has 0 spiro atoms. The summed E-state index contributed by atoms with van der Waals surface area (Å²) in [5.41, 5.74) is -4.00. The predicted octanol–water partition coefficient (Wildman–Crippen LogP) is 3.17. The van der Waals surface area contributed by atoms with Crippen LogP contribution < -0.4 is 10.6 Å². The second-order valence-corrected chi connectivity index (χ2v) is 7.43. The van der Waals surface area contributed by atoms with Gasteiger partial charge < -0.3 is 15.7 Å². The average molecular weight is 445 g/mol. The van der Waals surface area contributed by atoms with E-state index in [0.29, 0.717) is 13.0 Å². The molecule has 4 heterocycles. The maximum atomic E-state index is 14.5. The first-order valence-electron chi connectivity index (χ1n) is 9.23. The van der Waals surface area contributed by atoms with Gasteiger partial charge in [-0.15, -0.1) is 0 Å². The summed E-state index contributed by atoms with van der Waals surface area (Å²) in [6, 6.07) is 2.04. The van der Waals surface area contributed by atoms with Crippen molar-refractivity contribution in [3.05, 3.63) is 47.8 Å². The number of nitrogens with one attached hydrogen (secondary N) is 2.